The van der Waals surface area contributed by atoms with Gasteiger partial charge in [0.2, 0.25) is 5.91 Å². The van der Waals surface area contributed by atoms with Crippen LogP contribution in [0, 0.1) is 6.92 Å². The fourth-order valence-electron chi connectivity index (χ4n) is 1.73. The minimum atomic E-state index is -0.627. The molecule has 1 aromatic heterocycles. The number of carbonyl (C=O) groups excluding carboxylic acids is 1. The van der Waals surface area contributed by atoms with Crippen LogP contribution in [0.25, 0.3) is 0 Å². The highest BCUT2D eigenvalue weighted by atomic mass is 35.5. The third kappa shape index (κ3) is 3.71. The number of rotatable bonds is 7. The quantitative estimate of drug-likeness (QED) is 0.739. The number of likely N-dealkylation sites (N-methyl/N-ethyl adjacent to an activating group) is 1. The number of hydrogen-bond donors (Lipinski definition) is 2. The molecule has 0 aliphatic rings. The van der Waals surface area contributed by atoms with Gasteiger partial charge in [-0.15, -0.1) is 0 Å². The molecule has 1 heterocycles. The van der Waals surface area contributed by atoms with E-state index in [4.69, 9.17) is 17.3 Å². The Morgan fingerprint density at radius 2 is 2.28 bits per heavy atom. The lowest BCUT2D eigenvalue weighted by Gasteiger charge is -2.25. The summed E-state index contributed by atoms with van der Waals surface area (Å²) in [4.78, 5) is 11.3. The van der Waals surface area contributed by atoms with Gasteiger partial charge in [0.25, 0.3) is 0 Å². The Labute approximate surface area is 113 Å². The molecule has 18 heavy (non-hydrogen) atoms. The van der Waals surface area contributed by atoms with Crippen LogP contribution in [0.2, 0.25) is 5.02 Å². The maximum atomic E-state index is 11.3. The molecule has 0 radical (unpaired) electrons. The molecule has 6 heteroatoms. The molecule has 0 aliphatic heterocycles. The summed E-state index contributed by atoms with van der Waals surface area (Å²) >= 11 is 5.92. The van der Waals surface area contributed by atoms with Gasteiger partial charge in [0.05, 0.1) is 16.3 Å². The van der Waals surface area contributed by atoms with Gasteiger partial charge in [-0.3, -0.25) is 9.48 Å². The van der Waals surface area contributed by atoms with Crippen LogP contribution in [0.1, 0.15) is 31.9 Å². The number of unbranched alkanes of at least 4 members (excludes halogenated alkanes) is 1. The Morgan fingerprint density at radius 1 is 1.61 bits per heavy atom. The van der Waals surface area contributed by atoms with Crippen LogP contribution in [0.3, 0.4) is 0 Å². The number of aryl methyl sites for hydroxylation is 2. The molecule has 3 N–H and O–H groups in total. The summed E-state index contributed by atoms with van der Waals surface area (Å²) in [6, 6.07) is 0. The second-order valence-corrected chi connectivity index (χ2v) is 5.14. The third-order valence-electron chi connectivity index (χ3n) is 3.30. The first kappa shape index (κ1) is 15.0. The van der Waals surface area contributed by atoms with Crippen molar-refractivity contribution in [2.75, 3.05) is 7.05 Å². The van der Waals surface area contributed by atoms with Gasteiger partial charge >= 0.3 is 0 Å². The zero-order chi connectivity index (χ0) is 13.8. The molecule has 5 nitrogen and oxygen atoms in total. The van der Waals surface area contributed by atoms with Crippen molar-refractivity contribution in [3.8, 4) is 0 Å². The number of hydrogen-bond acceptors (Lipinski definition) is 3. The van der Waals surface area contributed by atoms with Crippen molar-refractivity contribution in [2.45, 2.75) is 45.2 Å². The van der Waals surface area contributed by atoms with Gasteiger partial charge in [0.15, 0.2) is 0 Å². The molecular weight excluding hydrogens is 252 g/mol. The summed E-state index contributed by atoms with van der Waals surface area (Å²) in [5, 5.41) is 7.94. The number of carbonyl (C=O) groups is 1. The van der Waals surface area contributed by atoms with Crippen molar-refractivity contribution in [2.24, 2.45) is 5.73 Å². The number of nitrogens with one attached hydrogen (secondary N) is 1. The molecule has 1 unspecified atom stereocenters. The lowest BCUT2D eigenvalue weighted by Crippen LogP contribution is -2.51. The number of nitrogens with zero attached hydrogens (tertiary/aromatic N) is 2. The molecule has 1 amide bonds. The number of primary amides is 1. The van der Waals surface area contributed by atoms with Crippen LogP contribution in [0.15, 0.2) is 6.20 Å². The lowest BCUT2D eigenvalue weighted by molar-refractivity contribution is -0.123. The van der Waals surface area contributed by atoms with Gasteiger partial charge in [-0.1, -0.05) is 11.6 Å². The lowest BCUT2D eigenvalue weighted by atomic mass is 9.94. The average molecular weight is 273 g/mol. The van der Waals surface area contributed by atoms with E-state index >= 15 is 0 Å². The second-order valence-electron chi connectivity index (χ2n) is 4.73. The van der Waals surface area contributed by atoms with Crippen molar-refractivity contribution < 1.29 is 4.79 Å². The summed E-state index contributed by atoms with van der Waals surface area (Å²) in [5.41, 5.74) is 5.58. The third-order valence-corrected chi connectivity index (χ3v) is 3.67. The van der Waals surface area contributed by atoms with Crippen molar-refractivity contribution in [1.29, 1.82) is 0 Å². The molecule has 0 saturated heterocycles. The largest absolute Gasteiger partial charge is 0.368 e. The van der Waals surface area contributed by atoms with Crippen LogP contribution in [-0.4, -0.2) is 28.3 Å². The molecule has 1 atom stereocenters. The van der Waals surface area contributed by atoms with E-state index in [0.29, 0.717) is 11.4 Å². The van der Waals surface area contributed by atoms with Crippen molar-refractivity contribution in [1.82, 2.24) is 15.1 Å². The molecule has 0 aromatic carbocycles. The van der Waals surface area contributed by atoms with E-state index in [1.54, 1.807) is 7.05 Å². The summed E-state index contributed by atoms with van der Waals surface area (Å²) in [6.45, 7) is 4.50. The van der Waals surface area contributed by atoms with Crippen LogP contribution in [0.4, 0.5) is 0 Å². The standard InChI is InChI=1S/C12H21ClN4O/c1-9-10(13)8-17(16-9)7-5-4-6-12(2,15-3)11(14)18/h8,15H,4-7H2,1-3H3,(H2,14,18). The smallest absolute Gasteiger partial charge is 0.237 e. The molecule has 1 rings (SSSR count). The number of nitrogens with two attached hydrogens (primary N) is 1. The Kier molecular flexibility index (Phi) is 5.16. The summed E-state index contributed by atoms with van der Waals surface area (Å²) in [6.07, 6.45) is 4.37. The highest BCUT2D eigenvalue weighted by molar-refractivity contribution is 6.31. The number of halogens is 1. The van der Waals surface area contributed by atoms with E-state index in [0.717, 1.165) is 25.1 Å². The van der Waals surface area contributed by atoms with Crippen molar-refractivity contribution in [3.05, 3.63) is 16.9 Å². The van der Waals surface area contributed by atoms with Gasteiger partial charge in [0, 0.05) is 12.7 Å². The molecule has 0 fully saturated rings. The predicted molar refractivity (Wildman–Crippen MR) is 72.5 cm³/mol. The summed E-state index contributed by atoms with van der Waals surface area (Å²) < 4.78 is 1.83. The summed E-state index contributed by atoms with van der Waals surface area (Å²) in [7, 11) is 1.75. The van der Waals surface area contributed by atoms with E-state index < -0.39 is 5.54 Å². The highest BCUT2D eigenvalue weighted by Gasteiger charge is 2.27. The zero-order valence-corrected chi connectivity index (χ0v) is 11.9. The Balaban J connectivity index is 2.36. The van der Waals surface area contributed by atoms with E-state index in [-0.39, 0.29) is 5.91 Å². The number of aromatic nitrogens is 2. The first-order chi connectivity index (χ1) is 8.39. The maximum Gasteiger partial charge on any atom is 0.237 e. The molecule has 1 aromatic rings. The molecular formula is C12H21ClN4O. The van der Waals surface area contributed by atoms with E-state index in [9.17, 15) is 4.79 Å². The average Bonchev–Trinajstić information content (AvgIpc) is 2.64. The zero-order valence-electron chi connectivity index (χ0n) is 11.2. The first-order valence-corrected chi connectivity index (χ1v) is 6.45. The van der Waals surface area contributed by atoms with Crippen LogP contribution >= 0.6 is 11.6 Å². The SMILES string of the molecule is CNC(C)(CCCCn1cc(Cl)c(C)n1)C(N)=O. The maximum absolute atomic E-state index is 11.3. The Bertz CT molecular complexity index is 399. The van der Waals surface area contributed by atoms with Crippen molar-refractivity contribution >= 4 is 17.5 Å². The molecule has 0 spiro atoms. The molecule has 0 aliphatic carbocycles. The van der Waals surface area contributed by atoms with Crippen LogP contribution in [0.5, 0.6) is 0 Å². The van der Waals surface area contributed by atoms with Crippen LogP contribution in [-0.2, 0) is 11.3 Å². The second kappa shape index (κ2) is 6.20. The van der Waals surface area contributed by atoms with Gasteiger partial charge in [-0.25, -0.2) is 0 Å². The Morgan fingerprint density at radius 3 is 2.72 bits per heavy atom. The number of amides is 1. The molecule has 0 bridgehead atoms. The van der Waals surface area contributed by atoms with Crippen LogP contribution < -0.4 is 11.1 Å². The van der Waals surface area contributed by atoms with E-state index in [2.05, 4.69) is 10.4 Å². The first-order valence-electron chi connectivity index (χ1n) is 6.07. The normalized spacial score (nSPS) is 14.4. The highest BCUT2D eigenvalue weighted by Crippen LogP contribution is 2.15. The molecule has 0 saturated carbocycles. The van der Waals surface area contributed by atoms with Crippen molar-refractivity contribution in [3.63, 3.8) is 0 Å². The minimum Gasteiger partial charge on any atom is -0.368 e. The fraction of sp³-hybridized carbons (Fsp3) is 0.667. The van der Waals surface area contributed by atoms with Gasteiger partial charge in [0.1, 0.15) is 0 Å². The van der Waals surface area contributed by atoms with Gasteiger partial charge in [-0.2, -0.15) is 5.10 Å². The van der Waals surface area contributed by atoms with Gasteiger partial charge < -0.3 is 11.1 Å². The fourth-order valence-corrected chi connectivity index (χ4v) is 1.88. The minimum absolute atomic E-state index is 0.317. The van der Waals surface area contributed by atoms with E-state index in [1.165, 1.54) is 0 Å². The Hall–Kier alpha value is -1.07. The molecule has 102 valence electrons. The van der Waals surface area contributed by atoms with Gasteiger partial charge in [-0.05, 0) is 40.2 Å². The summed E-state index contributed by atoms with van der Waals surface area (Å²) in [5.74, 6) is -0.317. The monoisotopic (exact) mass is 272 g/mol. The topological polar surface area (TPSA) is 72.9 Å². The predicted octanol–water partition coefficient (Wildman–Crippen LogP) is 1.48. The van der Waals surface area contributed by atoms with E-state index in [1.807, 2.05) is 24.7 Å².